The van der Waals surface area contributed by atoms with Crippen LogP contribution in [0.15, 0.2) is 36.5 Å². The standard InChI is InChI=1S/C13H10FN3S/c1-8-6-10-12(15-7-8)17(13(18)16-10)11-5-3-2-4-9(11)14/h2-7H,1H3,(H,16,18). The molecule has 0 aliphatic heterocycles. The topological polar surface area (TPSA) is 33.6 Å². The lowest BCUT2D eigenvalue weighted by atomic mass is 10.3. The molecule has 3 aromatic rings. The number of rotatable bonds is 1. The first-order valence-corrected chi connectivity index (χ1v) is 5.90. The predicted molar refractivity (Wildman–Crippen MR) is 70.9 cm³/mol. The van der Waals surface area contributed by atoms with Crippen LogP contribution in [0.2, 0.25) is 0 Å². The van der Waals surface area contributed by atoms with Gasteiger partial charge in [0.2, 0.25) is 0 Å². The molecular weight excluding hydrogens is 249 g/mol. The molecule has 2 aromatic heterocycles. The monoisotopic (exact) mass is 259 g/mol. The molecule has 1 N–H and O–H groups in total. The van der Waals surface area contributed by atoms with E-state index in [1.165, 1.54) is 6.07 Å². The van der Waals surface area contributed by atoms with E-state index in [2.05, 4.69) is 9.97 Å². The Labute approximate surface area is 108 Å². The fourth-order valence-corrected chi connectivity index (χ4v) is 2.25. The Morgan fingerprint density at radius 2 is 2.11 bits per heavy atom. The van der Waals surface area contributed by atoms with Crippen LogP contribution in [-0.2, 0) is 0 Å². The number of nitrogens with zero attached hydrogens (tertiary/aromatic N) is 2. The number of aryl methyl sites for hydroxylation is 1. The highest BCUT2D eigenvalue weighted by Gasteiger charge is 2.10. The maximum absolute atomic E-state index is 13.8. The van der Waals surface area contributed by atoms with Gasteiger partial charge in [0.1, 0.15) is 5.82 Å². The first-order valence-electron chi connectivity index (χ1n) is 5.49. The molecule has 18 heavy (non-hydrogen) atoms. The van der Waals surface area contributed by atoms with Gasteiger partial charge in [-0.3, -0.25) is 4.57 Å². The van der Waals surface area contributed by atoms with Crippen molar-refractivity contribution in [3.63, 3.8) is 0 Å². The minimum Gasteiger partial charge on any atom is -0.329 e. The SMILES string of the molecule is Cc1cnc2c(c1)[nH]c(=S)n2-c1ccccc1F. The molecule has 0 fully saturated rings. The van der Waals surface area contributed by atoms with Crippen molar-refractivity contribution in [2.45, 2.75) is 6.92 Å². The number of nitrogens with one attached hydrogen (secondary N) is 1. The lowest BCUT2D eigenvalue weighted by Crippen LogP contribution is -1.98. The maximum Gasteiger partial charge on any atom is 0.184 e. The molecule has 3 rings (SSSR count). The highest BCUT2D eigenvalue weighted by atomic mass is 32.1. The fourth-order valence-electron chi connectivity index (χ4n) is 1.96. The van der Waals surface area contributed by atoms with Gasteiger partial charge >= 0.3 is 0 Å². The second-order valence-corrected chi connectivity index (χ2v) is 4.49. The van der Waals surface area contributed by atoms with Crippen molar-refractivity contribution < 1.29 is 4.39 Å². The summed E-state index contributed by atoms with van der Waals surface area (Å²) < 4.78 is 15.9. The highest BCUT2D eigenvalue weighted by molar-refractivity contribution is 7.71. The van der Waals surface area contributed by atoms with E-state index < -0.39 is 0 Å². The zero-order valence-electron chi connectivity index (χ0n) is 9.64. The highest BCUT2D eigenvalue weighted by Crippen LogP contribution is 2.20. The van der Waals surface area contributed by atoms with Gasteiger partial charge in [0.25, 0.3) is 0 Å². The van der Waals surface area contributed by atoms with Crippen LogP contribution in [0.1, 0.15) is 5.56 Å². The van der Waals surface area contributed by atoms with Crippen LogP contribution in [0.4, 0.5) is 4.39 Å². The van der Waals surface area contributed by atoms with E-state index in [4.69, 9.17) is 12.2 Å². The average molecular weight is 259 g/mol. The van der Waals surface area contributed by atoms with Crippen molar-refractivity contribution in [3.8, 4) is 5.69 Å². The molecule has 0 bridgehead atoms. The minimum atomic E-state index is -0.322. The molecule has 5 heteroatoms. The van der Waals surface area contributed by atoms with Crippen LogP contribution >= 0.6 is 12.2 Å². The van der Waals surface area contributed by atoms with Gasteiger partial charge in [0.15, 0.2) is 10.4 Å². The summed E-state index contributed by atoms with van der Waals surface area (Å²) >= 11 is 5.24. The van der Waals surface area contributed by atoms with E-state index in [1.807, 2.05) is 13.0 Å². The van der Waals surface area contributed by atoms with Crippen molar-refractivity contribution >= 4 is 23.4 Å². The summed E-state index contributed by atoms with van der Waals surface area (Å²) in [4.78, 5) is 7.36. The van der Waals surface area contributed by atoms with Crippen molar-refractivity contribution in [2.75, 3.05) is 0 Å². The molecule has 90 valence electrons. The zero-order chi connectivity index (χ0) is 12.7. The van der Waals surface area contributed by atoms with Crippen molar-refractivity contribution in [3.05, 3.63) is 52.7 Å². The number of aromatic amines is 1. The molecule has 2 heterocycles. The minimum absolute atomic E-state index is 0.322. The molecule has 0 radical (unpaired) electrons. The van der Waals surface area contributed by atoms with Crippen molar-refractivity contribution in [1.29, 1.82) is 0 Å². The van der Waals surface area contributed by atoms with E-state index in [0.717, 1.165) is 11.1 Å². The Bertz CT molecular complexity index is 788. The predicted octanol–water partition coefficient (Wildman–Crippen LogP) is 3.53. The Hall–Kier alpha value is -2.01. The fraction of sp³-hybridized carbons (Fsp3) is 0.0769. The van der Waals surface area contributed by atoms with Crippen LogP contribution < -0.4 is 0 Å². The number of imidazole rings is 1. The van der Waals surface area contributed by atoms with Crippen LogP contribution in [0.3, 0.4) is 0 Å². The molecule has 0 saturated heterocycles. The van der Waals surface area contributed by atoms with Gasteiger partial charge in [-0.15, -0.1) is 0 Å². The third-order valence-electron chi connectivity index (χ3n) is 2.75. The van der Waals surface area contributed by atoms with E-state index in [1.54, 1.807) is 29.0 Å². The van der Waals surface area contributed by atoms with Gasteiger partial charge in [-0.1, -0.05) is 12.1 Å². The van der Waals surface area contributed by atoms with Crippen LogP contribution in [0, 0.1) is 17.5 Å². The second-order valence-electron chi connectivity index (χ2n) is 4.10. The van der Waals surface area contributed by atoms with Gasteiger partial charge in [-0.05, 0) is 42.9 Å². The van der Waals surface area contributed by atoms with Crippen molar-refractivity contribution in [2.24, 2.45) is 0 Å². The second kappa shape index (κ2) is 4.03. The Morgan fingerprint density at radius 3 is 2.89 bits per heavy atom. The number of hydrogen-bond donors (Lipinski definition) is 1. The summed E-state index contributed by atoms with van der Waals surface area (Å²) in [6.45, 7) is 1.95. The average Bonchev–Trinajstić information content (AvgIpc) is 2.65. The molecule has 0 spiro atoms. The molecule has 0 aliphatic rings. The van der Waals surface area contributed by atoms with Gasteiger partial charge in [-0.2, -0.15) is 0 Å². The quantitative estimate of drug-likeness (QED) is 0.678. The van der Waals surface area contributed by atoms with E-state index in [9.17, 15) is 4.39 Å². The summed E-state index contributed by atoms with van der Waals surface area (Å²) in [6.07, 6.45) is 1.74. The van der Waals surface area contributed by atoms with Crippen molar-refractivity contribution in [1.82, 2.24) is 14.5 Å². The molecule has 0 aliphatic carbocycles. The molecular formula is C13H10FN3S. The summed E-state index contributed by atoms with van der Waals surface area (Å²) in [5.74, 6) is -0.322. The number of halogens is 1. The smallest absolute Gasteiger partial charge is 0.184 e. The first kappa shape index (κ1) is 11.1. The van der Waals surface area contributed by atoms with Crippen LogP contribution in [0.25, 0.3) is 16.9 Å². The Morgan fingerprint density at radius 1 is 1.33 bits per heavy atom. The largest absolute Gasteiger partial charge is 0.329 e. The lowest BCUT2D eigenvalue weighted by molar-refractivity contribution is 0.618. The number of benzene rings is 1. The maximum atomic E-state index is 13.8. The molecule has 0 amide bonds. The van der Waals surface area contributed by atoms with Gasteiger partial charge in [0.05, 0.1) is 11.2 Å². The Kier molecular flexibility index (Phi) is 2.48. The van der Waals surface area contributed by atoms with Crippen LogP contribution in [-0.4, -0.2) is 14.5 Å². The van der Waals surface area contributed by atoms with E-state index in [-0.39, 0.29) is 5.82 Å². The van der Waals surface area contributed by atoms with Gasteiger partial charge in [0, 0.05) is 6.20 Å². The van der Waals surface area contributed by atoms with E-state index in [0.29, 0.717) is 16.1 Å². The summed E-state index contributed by atoms with van der Waals surface area (Å²) in [7, 11) is 0. The third kappa shape index (κ3) is 1.64. The first-order chi connectivity index (χ1) is 8.66. The van der Waals surface area contributed by atoms with E-state index >= 15 is 0 Å². The number of H-pyrrole nitrogens is 1. The summed E-state index contributed by atoms with van der Waals surface area (Å²) in [6, 6.07) is 8.45. The molecule has 0 atom stereocenters. The molecule has 0 unspecified atom stereocenters. The zero-order valence-corrected chi connectivity index (χ0v) is 10.5. The van der Waals surface area contributed by atoms with Gasteiger partial charge in [-0.25, -0.2) is 9.37 Å². The summed E-state index contributed by atoms with van der Waals surface area (Å²) in [5.41, 5.74) is 2.88. The normalized spacial score (nSPS) is 11.0. The number of para-hydroxylation sites is 1. The lowest BCUT2D eigenvalue weighted by Gasteiger charge is -2.04. The van der Waals surface area contributed by atoms with Crippen LogP contribution in [0.5, 0.6) is 0 Å². The molecule has 0 saturated carbocycles. The summed E-state index contributed by atoms with van der Waals surface area (Å²) in [5, 5.41) is 0. The number of fused-ring (bicyclic) bond motifs is 1. The number of aromatic nitrogens is 3. The number of pyridine rings is 1. The van der Waals surface area contributed by atoms with Gasteiger partial charge < -0.3 is 4.98 Å². The molecule has 1 aromatic carbocycles. The third-order valence-corrected chi connectivity index (χ3v) is 3.04. The number of hydrogen-bond acceptors (Lipinski definition) is 2. The Balaban J connectivity index is 2.40. The molecule has 3 nitrogen and oxygen atoms in total.